The Bertz CT molecular complexity index is 591. The summed E-state index contributed by atoms with van der Waals surface area (Å²) in [6, 6.07) is 15.8. The molecule has 0 atom stereocenters. The Labute approximate surface area is 125 Å². The van der Waals surface area contributed by atoms with Crippen molar-refractivity contribution < 1.29 is 14.3 Å². The number of hydrogen-bond donors (Lipinski definition) is 0. The number of carbonyl (C=O) groups excluding carboxylic acids is 1. The minimum atomic E-state index is -0.344. The fraction of sp³-hybridized carbons (Fsp3) is 0.278. The van der Waals surface area contributed by atoms with Crippen molar-refractivity contribution in [3.63, 3.8) is 0 Å². The number of benzene rings is 2. The van der Waals surface area contributed by atoms with Gasteiger partial charge in [0.2, 0.25) is 0 Å². The number of hydrogen-bond acceptors (Lipinski definition) is 3. The van der Waals surface area contributed by atoms with Crippen molar-refractivity contribution in [2.24, 2.45) is 0 Å². The molecule has 0 aliphatic heterocycles. The molecule has 0 spiro atoms. The molecule has 110 valence electrons. The summed E-state index contributed by atoms with van der Waals surface area (Å²) in [5, 5.41) is 0. The molecule has 0 radical (unpaired) electrons. The summed E-state index contributed by atoms with van der Waals surface area (Å²) in [4.78, 5) is 11.6. The highest BCUT2D eigenvalue weighted by Gasteiger charge is 2.05. The lowest BCUT2D eigenvalue weighted by atomic mass is 10.1. The van der Waals surface area contributed by atoms with Gasteiger partial charge in [-0.15, -0.1) is 0 Å². The second kappa shape index (κ2) is 7.60. The summed E-state index contributed by atoms with van der Waals surface area (Å²) in [6.45, 7) is 4.78. The van der Waals surface area contributed by atoms with E-state index in [0.717, 1.165) is 11.1 Å². The van der Waals surface area contributed by atoms with E-state index in [9.17, 15) is 4.79 Å². The van der Waals surface area contributed by atoms with Crippen LogP contribution in [0, 0.1) is 13.8 Å². The molecule has 0 heterocycles. The molecule has 0 aliphatic carbocycles. The van der Waals surface area contributed by atoms with Gasteiger partial charge in [-0.1, -0.05) is 54.1 Å². The van der Waals surface area contributed by atoms with Crippen LogP contribution < -0.4 is 0 Å². The van der Waals surface area contributed by atoms with Crippen LogP contribution in [0.1, 0.15) is 22.3 Å². The highest BCUT2D eigenvalue weighted by molar-refractivity contribution is 5.70. The normalized spacial score (nSPS) is 10.4. The number of rotatable bonds is 6. The number of esters is 1. The molecule has 3 nitrogen and oxygen atoms in total. The van der Waals surface area contributed by atoms with E-state index >= 15 is 0 Å². The van der Waals surface area contributed by atoms with Gasteiger partial charge in [0.1, 0.15) is 13.2 Å². The van der Waals surface area contributed by atoms with E-state index in [2.05, 4.69) is 13.0 Å². The van der Waals surface area contributed by atoms with Crippen LogP contribution in [0.4, 0.5) is 0 Å². The highest BCUT2D eigenvalue weighted by Crippen LogP contribution is 2.11. The molecule has 2 aromatic carbocycles. The third-order valence-corrected chi connectivity index (χ3v) is 3.22. The fourth-order valence-electron chi connectivity index (χ4n) is 2.03. The number of carbonyl (C=O) groups is 1. The molecule has 3 heteroatoms. The molecule has 0 aromatic heterocycles. The standard InChI is InChI=1S/C18H20O3/c1-14-8-9-17(15(2)10-14)12-20-13-18(19)21-11-16-6-4-3-5-7-16/h3-10H,11-13H2,1-2H3. The average molecular weight is 284 g/mol. The van der Waals surface area contributed by atoms with Crippen LogP contribution in [0.3, 0.4) is 0 Å². The van der Waals surface area contributed by atoms with Crippen molar-refractivity contribution in [2.45, 2.75) is 27.1 Å². The van der Waals surface area contributed by atoms with Crippen molar-refractivity contribution in [1.82, 2.24) is 0 Å². The third kappa shape index (κ3) is 5.04. The van der Waals surface area contributed by atoms with Crippen LogP contribution >= 0.6 is 0 Å². The van der Waals surface area contributed by atoms with Crippen LogP contribution in [-0.4, -0.2) is 12.6 Å². The number of ether oxygens (including phenoxy) is 2. The summed E-state index contributed by atoms with van der Waals surface area (Å²) < 4.78 is 10.6. The molecule has 2 aromatic rings. The lowest BCUT2D eigenvalue weighted by Gasteiger charge is -2.08. The first-order valence-electron chi connectivity index (χ1n) is 6.98. The maximum Gasteiger partial charge on any atom is 0.332 e. The zero-order chi connectivity index (χ0) is 15.1. The van der Waals surface area contributed by atoms with Gasteiger partial charge in [0.05, 0.1) is 6.61 Å². The Hall–Kier alpha value is -2.13. The average Bonchev–Trinajstić information content (AvgIpc) is 2.48. The zero-order valence-electron chi connectivity index (χ0n) is 12.5. The minimum Gasteiger partial charge on any atom is -0.459 e. The molecule has 0 unspecified atom stereocenters. The van der Waals surface area contributed by atoms with Gasteiger partial charge in [-0.3, -0.25) is 0 Å². The molecular weight excluding hydrogens is 264 g/mol. The molecule has 2 rings (SSSR count). The summed E-state index contributed by atoms with van der Waals surface area (Å²) in [7, 11) is 0. The predicted octanol–water partition coefficient (Wildman–Crippen LogP) is 3.56. The molecule has 21 heavy (non-hydrogen) atoms. The Balaban J connectivity index is 1.72. The van der Waals surface area contributed by atoms with E-state index in [1.54, 1.807) is 0 Å². The Kier molecular flexibility index (Phi) is 5.52. The van der Waals surface area contributed by atoms with Crippen LogP contribution in [0.2, 0.25) is 0 Å². The predicted molar refractivity (Wildman–Crippen MR) is 81.8 cm³/mol. The first-order valence-corrected chi connectivity index (χ1v) is 6.98. The van der Waals surface area contributed by atoms with Gasteiger partial charge in [-0.2, -0.15) is 0 Å². The monoisotopic (exact) mass is 284 g/mol. The van der Waals surface area contributed by atoms with Crippen LogP contribution in [0.5, 0.6) is 0 Å². The van der Waals surface area contributed by atoms with Crippen LogP contribution in [-0.2, 0) is 27.5 Å². The van der Waals surface area contributed by atoms with Gasteiger partial charge in [-0.05, 0) is 30.5 Å². The van der Waals surface area contributed by atoms with E-state index in [1.165, 1.54) is 11.1 Å². The topological polar surface area (TPSA) is 35.5 Å². The van der Waals surface area contributed by atoms with Crippen LogP contribution in [0.15, 0.2) is 48.5 Å². The lowest BCUT2D eigenvalue weighted by molar-refractivity contribution is -0.150. The van der Waals surface area contributed by atoms with E-state index in [1.807, 2.05) is 49.4 Å². The summed E-state index contributed by atoms with van der Waals surface area (Å²) >= 11 is 0. The second-order valence-corrected chi connectivity index (χ2v) is 5.07. The van der Waals surface area contributed by atoms with Crippen molar-refractivity contribution >= 4 is 5.97 Å². The molecule has 0 aliphatic rings. The second-order valence-electron chi connectivity index (χ2n) is 5.07. The molecule has 0 fully saturated rings. The molecule has 0 N–H and O–H groups in total. The third-order valence-electron chi connectivity index (χ3n) is 3.22. The number of aryl methyl sites for hydroxylation is 2. The van der Waals surface area contributed by atoms with E-state index in [0.29, 0.717) is 6.61 Å². The fourth-order valence-corrected chi connectivity index (χ4v) is 2.03. The minimum absolute atomic E-state index is 0.0276. The summed E-state index contributed by atoms with van der Waals surface area (Å²) in [5.74, 6) is -0.344. The molecule has 0 saturated carbocycles. The van der Waals surface area contributed by atoms with Gasteiger partial charge < -0.3 is 9.47 Å². The SMILES string of the molecule is Cc1ccc(COCC(=O)OCc2ccccc2)c(C)c1. The van der Waals surface area contributed by atoms with Crippen molar-refractivity contribution in [2.75, 3.05) is 6.61 Å². The maximum atomic E-state index is 11.6. The van der Waals surface area contributed by atoms with E-state index in [-0.39, 0.29) is 19.2 Å². The largest absolute Gasteiger partial charge is 0.459 e. The van der Waals surface area contributed by atoms with Gasteiger partial charge in [0.15, 0.2) is 0 Å². The first-order chi connectivity index (χ1) is 10.1. The highest BCUT2D eigenvalue weighted by atomic mass is 16.6. The Morgan fingerprint density at radius 2 is 1.76 bits per heavy atom. The van der Waals surface area contributed by atoms with Gasteiger partial charge in [0, 0.05) is 0 Å². The quantitative estimate of drug-likeness (QED) is 0.761. The molecule has 0 bridgehead atoms. The van der Waals surface area contributed by atoms with Crippen molar-refractivity contribution in [3.8, 4) is 0 Å². The van der Waals surface area contributed by atoms with E-state index < -0.39 is 0 Å². The Morgan fingerprint density at radius 1 is 1.00 bits per heavy atom. The Morgan fingerprint density at radius 3 is 2.48 bits per heavy atom. The van der Waals surface area contributed by atoms with Gasteiger partial charge >= 0.3 is 5.97 Å². The maximum absolute atomic E-state index is 11.6. The smallest absolute Gasteiger partial charge is 0.332 e. The zero-order valence-corrected chi connectivity index (χ0v) is 12.5. The van der Waals surface area contributed by atoms with E-state index in [4.69, 9.17) is 9.47 Å². The van der Waals surface area contributed by atoms with Gasteiger partial charge in [-0.25, -0.2) is 4.79 Å². The lowest BCUT2D eigenvalue weighted by Crippen LogP contribution is -2.12. The first kappa shape index (κ1) is 15.3. The molecule has 0 saturated heterocycles. The summed E-state index contributed by atoms with van der Waals surface area (Å²) in [6.07, 6.45) is 0. The van der Waals surface area contributed by atoms with Crippen molar-refractivity contribution in [3.05, 3.63) is 70.8 Å². The van der Waals surface area contributed by atoms with Gasteiger partial charge in [0.25, 0.3) is 0 Å². The molecular formula is C18H20O3. The van der Waals surface area contributed by atoms with Crippen LogP contribution in [0.25, 0.3) is 0 Å². The summed E-state index contributed by atoms with van der Waals surface area (Å²) in [5.41, 5.74) is 4.46. The molecule has 0 amide bonds. The van der Waals surface area contributed by atoms with Crippen molar-refractivity contribution in [1.29, 1.82) is 0 Å².